The van der Waals surface area contributed by atoms with Crippen molar-refractivity contribution in [2.75, 3.05) is 7.05 Å². The lowest BCUT2D eigenvalue weighted by Crippen LogP contribution is -2.47. The van der Waals surface area contributed by atoms with Crippen LogP contribution in [0.5, 0.6) is 0 Å². The number of benzene rings is 1. The van der Waals surface area contributed by atoms with E-state index in [1.54, 1.807) is 0 Å². The minimum absolute atomic E-state index is 0.368. The van der Waals surface area contributed by atoms with Crippen molar-refractivity contribution in [3.05, 3.63) is 33.8 Å². The molecule has 2 aliphatic heterocycles. The van der Waals surface area contributed by atoms with Crippen molar-refractivity contribution < 1.29 is 0 Å². The summed E-state index contributed by atoms with van der Waals surface area (Å²) in [6, 6.07) is 8.47. The first kappa shape index (κ1) is 14.6. The van der Waals surface area contributed by atoms with Crippen molar-refractivity contribution in [3.8, 4) is 0 Å². The Hall–Kier alpha value is -0.280. The number of rotatable bonds is 3. The summed E-state index contributed by atoms with van der Waals surface area (Å²) in [6.45, 7) is 2.25. The Bertz CT molecular complexity index is 479. The van der Waals surface area contributed by atoms with E-state index in [2.05, 4.69) is 30.3 Å². The summed E-state index contributed by atoms with van der Waals surface area (Å²) < 4.78 is 0. The average molecular weight is 313 g/mol. The third-order valence-corrected chi connectivity index (χ3v) is 5.80. The predicted molar refractivity (Wildman–Crippen MR) is 85.6 cm³/mol. The number of hydrogen-bond donors (Lipinski definition) is 1. The Morgan fingerprint density at radius 1 is 1.15 bits per heavy atom. The van der Waals surface area contributed by atoms with Crippen molar-refractivity contribution in [1.29, 1.82) is 0 Å². The average Bonchev–Trinajstić information content (AvgIpc) is 2.79. The molecule has 2 bridgehead atoms. The third-order valence-electron chi connectivity index (χ3n) is 5.06. The molecule has 1 aromatic carbocycles. The van der Waals surface area contributed by atoms with Gasteiger partial charge in [-0.2, -0.15) is 0 Å². The van der Waals surface area contributed by atoms with Gasteiger partial charge in [-0.25, -0.2) is 0 Å². The standard InChI is InChI=1S/C16H22Cl2N2/c1-10(11-3-6-15(17)16(18)7-11)20(2)14-8-12-4-5-13(9-14)19-12/h3,6-7,10,12-14,19H,4-5,8-9H2,1-2H3. The molecule has 110 valence electrons. The Kier molecular flexibility index (Phi) is 4.28. The molecule has 2 aliphatic rings. The summed E-state index contributed by atoms with van der Waals surface area (Å²) in [5.41, 5.74) is 1.24. The van der Waals surface area contributed by atoms with Crippen LogP contribution in [0.25, 0.3) is 0 Å². The molecule has 20 heavy (non-hydrogen) atoms. The van der Waals surface area contributed by atoms with Gasteiger partial charge in [0, 0.05) is 24.2 Å². The van der Waals surface area contributed by atoms with Crippen LogP contribution in [-0.2, 0) is 0 Å². The van der Waals surface area contributed by atoms with Crippen LogP contribution in [0.15, 0.2) is 18.2 Å². The highest BCUT2D eigenvalue weighted by Gasteiger charge is 2.36. The van der Waals surface area contributed by atoms with Crippen LogP contribution >= 0.6 is 23.2 Å². The summed E-state index contributed by atoms with van der Waals surface area (Å²) >= 11 is 12.2. The number of piperidine rings is 1. The summed E-state index contributed by atoms with van der Waals surface area (Å²) in [6.07, 6.45) is 5.21. The summed E-state index contributed by atoms with van der Waals surface area (Å²) in [7, 11) is 2.24. The summed E-state index contributed by atoms with van der Waals surface area (Å²) in [5, 5.41) is 4.98. The molecule has 0 amide bonds. The molecule has 2 nitrogen and oxygen atoms in total. The summed E-state index contributed by atoms with van der Waals surface area (Å²) in [5.74, 6) is 0. The fourth-order valence-corrected chi connectivity index (χ4v) is 3.99. The molecule has 3 unspecified atom stereocenters. The second kappa shape index (κ2) is 5.84. The van der Waals surface area contributed by atoms with Gasteiger partial charge in [0.15, 0.2) is 0 Å². The monoisotopic (exact) mass is 312 g/mol. The maximum Gasteiger partial charge on any atom is 0.0595 e. The fraction of sp³-hybridized carbons (Fsp3) is 0.625. The Morgan fingerprint density at radius 2 is 1.80 bits per heavy atom. The van der Waals surface area contributed by atoms with Gasteiger partial charge in [0.1, 0.15) is 0 Å². The highest BCUT2D eigenvalue weighted by molar-refractivity contribution is 6.42. The molecular weight excluding hydrogens is 291 g/mol. The quantitative estimate of drug-likeness (QED) is 0.896. The molecule has 1 N–H and O–H groups in total. The van der Waals surface area contributed by atoms with E-state index in [0.29, 0.717) is 22.1 Å². The van der Waals surface area contributed by atoms with Crippen LogP contribution in [0, 0.1) is 0 Å². The number of nitrogens with one attached hydrogen (secondary N) is 1. The van der Waals surface area contributed by atoms with E-state index in [1.807, 2.05) is 12.1 Å². The van der Waals surface area contributed by atoms with Gasteiger partial charge >= 0.3 is 0 Å². The SMILES string of the molecule is CC(c1ccc(Cl)c(Cl)c1)N(C)C1CC2CCC(C1)N2. The highest BCUT2D eigenvalue weighted by atomic mass is 35.5. The topological polar surface area (TPSA) is 15.3 Å². The molecule has 3 rings (SSSR count). The maximum atomic E-state index is 6.14. The molecule has 2 fully saturated rings. The molecule has 0 saturated carbocycles. The molecule has 0 spiro atoms. The van der Waals surface area contributed by atoms with Gasteiger partial charge in [-0.3, -0.25) is 4.90 Å². The van der Waals surface area contributed by atoms with Crippen molar-refractivity contribution in [2.45, 2.75) is 56.8 Å². The minimum Gasteiger partial charge on any atom is -0.311 e. The van der Waals surface area contributed by atoms with Gasteiger partial charge in [-0.05, 0) is 57.4 Å². The van der Waals surface area contributed by atoms with Crippen LogP contribution in [0.3, 0.4) is 0 Å². The zero-order chi connectivity index (χ0) is 14.3. The van der Waals surface area contributed by atoms with Crippen molar-refractivity contribution in [2.24, 2.45) is 0 Å². The second-order valence-electron chi connectivity index (χ2n) is 6.28. The van der Waals surface area contributed by atoms with Gasteiger partial charge in [-0.1, -0.05) is 29.3 Å². The number of hydrogen-bond acceptors (Lipinski definition) is 2. The van der Waals surface area contributed by atoms with Gasteiger partial charge in [0.25, 0.3) is 0 Å². The lowest BCUT2D eigenvalue weighted by molar-refractivity contribution is 0.132. The third kappa shape index (κ3) is 2.85. The number of nitrogens with zero attached hydrogens (tertiary/aromatic N) is 1. The maximum absolute atomic E-state index is 6.14. The zero-order valence-corrected chi connectivity index (χ0v) is 13.6. The Labute approximate surface area is 131 Å². The molecule has 4 heteroatoms. The van der Waals surface area contributed by atoms with E-state index >= 15 is 0 Å². The van der Waals surface area contributed by atoms with Crippen LogP contribution in [0.1, 0.15) is 44.2 Å². The van der Waals surface area contributed by atoms with Crippen LogP contribution < -0.4 is 5.32 Å². The van der Waals surface area contributed by atoms with E-state index in [1.165, 1.54) is 31.2 Å². The lowest BCUT2D eigenvalue weighted by Gasteiger charge is -2.39. The Balaban J connectivity index is 1.72. The van der Waals surface area contributed by atoms with Crippen molar-refractivity contribution in [3.63, 3.8) is 0 Å². The molecule has 3 atom stereocenters. The Morgan fingerprint density at radius 3 is 2.40 bits per heavy atom. The van der Waals surface area contributed by atoms with Gasteiger partial charge in [0.2, 0.25) is 0 Å². The normalized spacial score (nSPS) is 30.8. The van der Waals surface area contributed by atoms with Gasteiger partial charge in [0.05, 0.1) is 10.0 Å². The molecule has 2 heterocycles. The van der Waals surface area contributed by atoms with E-state index in [9.17, 15) is 0 Å². The lowest BCUT2D eigenvalue weighted by atomic mass is 9.96. The predicted octanol–water partition coefficient (Wildman–Crippen LogP) is 4.27. The number of halogens is 2. The molecule has 2 saturated heterocycles. The second-order valence-corrected chi connectivity index (χ2v) is 7.09. The van der Waals surface area contributed by atoms with E-state index < -0.39 is 0 Å². The van der Waals surface area contributed by atoms with E-state index in [0.717, 1.165) is 12.1 Å². The molecule has 0 aliphatic carbocycles. The summed E-state index contributed by atoms with van der Waals surface area (Å²) in [4.78, 5) is 2.51. The molecule has 0 radical (unpaired) electrons. The molecule has 1 aromatic rings. The first-order chi connectivity index (χ1) is 9.54. The van der Waals surface area contributed by atoms with E-state index in [4.69, 9.17) is 23.2 Å². The number of fused-ring (bicyclic) bond motifs is 2. The largest absolute Gasteiger partial charge is 0.311 e. The smallest absolute Gasteiger partial charge is 0.0595 e. The molecular formula is C16H22Cl2N2. The zero-order valence-electron chi connectivity index (χ0n) is 12.1. The fourth-order valence-electron chi connectivity index (χ4n) is 3.68. The van der Waals surface area contributed by atoms with Crippen molar-refractivity contribution in [1.82, 2.24) is 10.2 Å². The molecule has 0 aromatic heterocycles. The highest BCUT2D eigenvalue weighted by Crippen LogP contribution is 2.34. The van der Waals surface area contributed by atoms with Crippen LogP contribution in [0.2, 0.25) is 10.0 Å². The van der Waals surface area contributed by atoms with Gasteiger partial charge in [-0.15, -0.1) is 0 Å². The van der Waals surface area contributed by atoms with Crippen LogP contribution in [0.4, 0.5) is 0 Å². The van der Waals surface area contributed by atoms with Gasteiger partial charge < -0.3 is 5.32 Å². The first-order valence-corrected chi connectivity index (χ1v) is 8.23. The van der Waals surface area contributed by atoms with E-state index in [-0.39, 0.29) is 0 Å². The van der Waals surface area contributed by atoms with Crippen LogP contribution in [-0.4, -0.2) is 30.1 Å². The minimum atomic E-state index is 0.368. The first-order valence-electron chi connectivity index (χ1n) is 7.47. The van der Waals surface area contributed by atoms with Crippen molar-refractivity contribution >= 4 is 23.2 Å².